The largest absolute Gasteiger partial charge is 0.496 e. The molecule has 0 saturated heterocycles. The number of fused-ring (bicyclic) bond motifs is 1. The Balaban J connectivity index is 1.94. The number of nitrogen functional groups attached to an aromatic ring is 1. The molecule has 6 nitrogen and oxygen atoms in total. The lowest BCUT2D eigenvalue weighted by Crippen LogP contribution is -2.24. The lowest BCUT2D eigenvalue weighted by molar-refractivity contribution is -0.136. The van der Waals surface area contributed by atoms with Gasteiger partial charge >= 0.3 is 6.18 Å². The molecule has 3 N–H and O–H groups in total. The molecule has 0 aliphatic heterocycles. The third-order valence-corrected chi connectivity index (χ3v) is 5.38. The van der Waals surface area contributed by atoms with Crippen LogP contribution in [0.4, 0.5) is 18.9 Å². The Kier molecular flexibility index (Phi) is 5.49. The van der Waals surface area contributed by atoms with Gasteiger partial charge in [0.2, 0.25) is 0 Å². The summed E-state index contributed by atoms with van der Waals surface area (Å²) in [5, 5.41) is 0.697. The Hall–Kier alpha value is -4.01. The molecule has 2 aromatic heterocycles. The number of amides is 1. The Morgan fingerprint density at radius 1 is 1.09 bits per heavy atom. The first-order valence-electron chi connectivity index (χ1n) is 9.95. The zero-order valence-corrected chi connectivity index (χ0v) is 18.1. The summed E-state index contributed by atoms with van der Waals surface area (Å²) in [7, 11) is 4.47. The number of H-pyrrole nitrogens is 1. The molecule has 0 fully saturated rings. The first-order chi connectivity index (χ1) is 15.6. The van der Waals surface area contributed by atoms with Crippen LogP contribution >= 0.6 is 0 Å². The van der Waals surface area contributed by atoms with E-state index in [2.05, 4.69) is 9.97 Å². The number of aromatic nitrogens is 2. The van der Waals surface area contributed by atoms with Crippen molar-refractivity contribution in [3.63, 3.8) is 0 Å². The first kappa shape index (κ1) is 22.2. The normalized spacial score (nSPS) is 11.6. The monoisotopic (exact) mass is 454 g/mol. The van der Waals surface area contributed by atoms with Crippen molar-refractivity contribution in [3.8, 4) is 28.0 Å². The molecule has 4 rings (SSSR count). The van der Waals surface area contributed by atoms with E-state index < -0.39 is 23.3 Å². The standard InChI is InChI=1S/C24H21F3N4O2/c1-31(2)23(32)17-8-13(10-19(21(17)28)24(25,26)27)14-9-16-18(12-30-22(16)29-11-14)15-6-4-5-7-20(15)33-3/h4-12H,28H2,1-3H3,(H,29,30). The van der Waals surface area contributed by atoms with Gasteiger partial charge in [-0.25, -0.2) is 4.98 Å². The minimum atomic E-state index is -4.73. The summed E-state index contributed by atoms with van der Waals surface area (Å²) >= 11 is 0. The third-order valence-electron chi connectivity index (χ3n) is 5.38. The summed E-state index contributed by atoms with van der Waals surface area (Å²) in [4.78, 5) is 21.2. The summed E-state index contributed by atoms with van der Waals surface area (Å²) in [6.07, 6.45) is -1.50. The highest BCUT2D eigenvalue weighted by Crippen LogP contribution is 2.40. The van der Waals surface area contributed by atoms with Crippen LogP contribution in [0.5, 0.6) is 5.75 Å². The number of para-hydroxylation sites is 1. The van der Waals surface area contributed by atoms with Gasteiger partial charge in [-0.15, -0.1) is 0 Å². The molecular weight excluding hydrogens is 433 g/mol. The summed E-state index contributed by atoms with van der Waals surface area (Å²) in [5.41, 5.74) is 6.63. The van der Waals surface area contributed by atoms with Crippen LogP contribution in [0.25, 0.3) is 33.3 Å². The van der Waals surface area contributed by atoms with Crippen LogP contribution in [0.3, 0.4) is 0 Å². The number of pyridine rings is 1. The zero-order valence-electron chi connectivity index (χ0n) is 18.1. The van der Waals surface area contributed by atoms with Crippen molar-refractivity contribution in [3.05, 3.63) is 66.0 Å². The Bertz CT molecular complexity index is 1360. The number of nitrogens with one attached hydrogen (secondary N) is 1. The SMILES string of the molecule is COc1ccccc1-c1c[nH]c2ncc(-c3cc(C(=O)N(C)C)c(N)c(C(F)(F)F)c3)cc12. The number of nitrogens with two attached hydrogens (primary N) is 1. The maximum Gasteiger partial charge on any atom is 0.418 e. The van der Waals surface area contributed by atoms with E-state index in [0.717, 1.165) is 17.2 Å². The van der Waals surface area contributed by atoms with E-state index in [4.69, 9.17) is 10.5 Å². The molecule has 0 spiro atoms. The van der Waals surface area contributed by atoms with Crippen molar-refractivity contribution >= 4 is 22.6 Å². The number of methoxy groups -OCH3 is 1. The molecule has 0 atom stereocenters. The average molecular weight is 454 g/mol. The zero-order chi connectivity index (χ0) is 23.9. The molecule has 4 aromatic rings. The van der Waals surface area contributed by atoms with Crippen molar-refractivity contribution in [1.82, 2.24) is 14.9 Å². The van der Waals surface area contributed by atoms with E-state index in [1.165, 1.54) is 31.3 Å². The Morgan fingerprint density at radius 2 is 1.82 bits per heavy atom. The Morgan fingerprint density at radius 3 is 2.48 bits per heavy atom. The predicted molar refractivity (Wildman–Crippen MR) is 121 cm³/mol. The summed E-state index contributed by atoms with van der Waals surface area (Å²) in [6.45, 7) is 0. The van der Waals surface area contributed by atoms with Gasteiger partial charge in [0.1, 0.15) is 11.4 Å². The molecule has 0 unspecified atom stereocenters. The number of aromatic amines is 1. The highest BCUT2D eigenvalue weighted by atomic mass is 19.4. The molecule has 9 heteroatoms. The summed E-state index contributed by atoms with van der Waals surface area (Å²) in [5.74, 6) is 0.0275. The maximum absolute atomic E-state index is 13.7. The van der Waals surface area contributed by atoms with Crippen LogP contribution in [0.1, 0.15) is 15.9 Å². The quantitative estimate of drug-likeness (QED) is 0.415. The van der Waals surface area contributed by atoms with Gasteiger partial charge in [-0.05, 0) is 29.8 Å². The van der Waals surface area contributed by atoms with Crippen molar-refractivity contribution in [1.29, 1.82) is 0 Å². The van der Waals surface area contributed by atoms with E-state index in [1.807, 2.05) is 24.3 Å². The van der Waals surface area contributed by atoms with Gasteiger partial charge in [0.15, 0.2) is 0 Å². The van der Waals surface area contributed by atoms with Gasteiger partial charge in [0.25, 0.3) is 5.91 Å². The van der Waals surface area contributed by atoms with Gasteiger partial charge in [0.05, 0.1) is 23.9 Å². The smallest absolute Gasteiger partial charge is 0.418 e. The molecule has 0 aliphatic rings. The lowest BCUT2D eigenvalue weighted by atomic mass is 9.96. The van der Waals surface area contributed by atoms with Crippen LogP contribution in [0, 0.1) is 0 Å². The van der Waals surface area contributed by atoms with Crippen LogP contribution in [0.15, 0.2) is 54.9 Å². The fourth-order valence-electron chi connectivity index (χ4n) is 3.72. The van der Waals surface area contributed by atoms with Crippen LogP contribution in [-0.4, -0.2) is 42.0 Å². The van der Waals surface area contributed by atoms with Crippen molar-refractivity contribution in [2.75, 3.05) is 26.9 Å². The number of carbonyl (C=O) groups excluding carboxylic acids is 1. The minimum absolute atomic E-state index is 0.184. The number of ether oxygens (including phenoxy) is 1. The van der Waals surface area contributed by atoms with E-state index >= 15 is 0 Å². The number of hydrogen-bond donors (Lipinski definition) is 2. The van der Waals surface area contributed by atoms with E-state index in [9.17, 15) is 18.0 Å². The number of hydrogen-bond acceptors (Lipinski definition) is 4. The van der Waals surface area contributed by atoms with Crippen molar-refractivity contribution in [2.24, 2.45) is 0 Å². The molecule has 170 valence electrons. The number of benzene rings is 2. The number of carbonyl (C=O) groups is 1. The molecule has 0 aliphatic carbocycles. The van der Waals surface area contributed by atoms with Gasteiger partial charge < -0.3 is 20.4 Å². The van der Waals surface area contributed by atoms with E-state index in [0.29, 0.717) is 22.3 Å². The average Bonchev–Trinajstić information content (AvgIpc) is 3.21. The van der Waals surface area contributed by atoms with Crippen molar-refractivity contribution < 1.29 is 22.7 Å². The molecule has 2 heterocycles. The van der Waals surface area contributed by atoms with Gasteiger partial charge in [-0.3, -0.25) is 4.79 Å². The first-order valence-corrected chi connectivity index (χ1v) is 9.95. The number of nitrogens with zero attached hydrogens (tertiary/aromatic N) is 2. The van der Waals surface area contributed by atoms with E-state index in [-0.39, 0.29) is 11.1 Å². The minimum Gasteiger partial charge on any atom is -0.496 e. The number of halogens is 3. The Labute approximate surface area is 187 Å². The molecule has 1 amide bonds. The molecule has 0 radical (unpaired) electrons. The summed E-state index contributed by atoms with van der Waals surface area (Å²) < 4.78 is 46.6. The summed E-state index contributed by atoms with van der Waals surface area (Å²) in [6, 6.07) is 11.5. The topological polar surface area (TPSA) is 84.2 Å². The molecule has 2 aromatic carbocycles. The van der Waals surface area contributed by atoms with Crippen molar-refractivity contribution in [2.45, 2.75) is 6.18 Å². The predicted octanol–water partition coefficient (Wildman–Crippen LogP) is 5.21. The van der Waals surface area contributed by atoms with Gasteiger partial charge in [0, 0.05) is 48.6 Å². The molecule has 0 bridgehead atoms. The second kappa shape index (κ2) is 8.16. The second-order valence-corrected chi connectivity index (χ2v) is 7.71. The maximum atomic E-state index is 13.7. The highest BCUT2D eigenvalue weighted by Gasteiger charge is 2.35. The molecule has 33 heavy (non-hydrogen) atoms. The fraction of sp³-hybridized carbons (Fsp3) is 0.167. The van der Waals surface area contributed by atoms with Crippen LogP contribution < -0.4 is 10.5 Å². The van der Waals surface area contributed by atoms with Gasteiger partial charge in [-0.2, -0.15) is 13.2 Å². The van der Waals surface area contributed by atoms with Gasteiger partial charge in [-0.1, -0.05) is 18.2 Å². The molecule has 0 saturated carbocycles. The fourth-order valence-corrected chi connectivity index (χ4v) is 3.72. The highest BCUT2D eigenvalue weighted by molar-refractivity contribution is 6.02. The second-order valence-electron chi connectivity index (χ2n) is 7.71. The third kappa shape index (κ3) is 3.97. The lowest BCUT2D eigenvalue weighted by Gasteiger charge is -2.18. The number of alkyl halides is 3. The number of rotatable bonds is 4. The van der Waals surface area contributed by atoms with Crippen LogP contribution in [-0.2, 0) is 6.18 Å². The number of anilines is 1. The molecular formula is C24H21F3N4O2. The van der Waals surface area contributed by atoms with E-state index in [1.54, 1.807) is 19.4 Å². The van der Waals surface area contributed by atoms with Crippen LogP contribution in [0.2, 0.25) is 0 Å².